The largest absolute Gasteiger partial charge is 0.369 e. The van der Waals surface area contributed by atoms with Crippen molar-refractivity contribution in [3.8, 4) is 0 Å². The summed E-state index contributed by atoms with van der Waals surface area (Å²) in [6, 6.07) is 0. The van der Waals surface area contributed by atoms with E-state index in [0.29, 0.717) is 12.5 Å². The lowest BCUT2D eigenvalue weighted by Gasteiger charge is -2.20. The number of nitrogens with one attached hydrogen (secondary N) is 2. The molecule has 1 aliphatic rings. The third-order valence-electron chi connectivity index (χ3n) is 2.61. The van der Waals surface area contributed by atoms with Crippen molar-refractivity contribution in [1.82, 2.24) is 9.97 Å². The molecule has 0 aromatic carbocycles. The lowest BCUT2D eigenvalue weighted by molar-refractivity contribution is -0.119. The predicted molar refractivity (Wildman–Crippen MR) is 73.6 cm³/mol. The van der Waals surface area contributed by atoms with E-state index in [0.717, 1.165) is 0 Å². The highest BCUT2D eigenvalue weighted by atomic mass is 31.2. The number of nitrogen functional groups attached to an aromatic ring is 1. The van der Waals surface area contributed by atoms with Crippen LogP contribution in [0, 0.1) is 0 Å². The molecule has 0 radical (unpaired) electrons. The van der Waals surface area contributed by atoms with Crippen LogP contribution in [0.3, 0.4) is 0 Å². The quantitative estimate of drug-likeness (QED) is 0.325. The van der Waals surface area contributed by atoms with Crippen molar-refractivity contribution in [3.63, 3.8) is 0 Å². The molecule has 2 heterocycles. The zero-order valence-electron chi connectivity index (χ0n) is 11.1. The van der Waals surface area contributed by atoms with Crippen LogP contribution < -0.4 is 21.5 Å². The molecule has 12 heteroatoms. The van der Waals surface area contributed by atoms with Crippen LogP contribution in [0.25, 0.3) is 0 Å². The molecule has 0 fully saturated rings. The van der Waals surface area contributed by atoms with E-state index in [1.54, 1.807) is 4.90 Å². The molecule has 6 N–H and O–H groups in total. The number of nitrogens with zero attached hydrogens (tertiary/aromatic N) is 2. The van der Waals surface area contributed by atoms with Crippen molar-refractivity contribution in [2.75, 3.05) is 35.7 Å². The molecule has 1 unspecified atom stereocenters. The van der Waals surface area contributed by atoms with E-state index in [1.807, 2.05) is 0 Å². The topological polar surface area (TPSA) is 163 Å². The Labute approximate surface area is 119 Å². The van der Waals surface area contributed by atoms with Crippen LogP contribution in [0.15, 0.2) is 4.79 Å². The van der Waals surface area contributed by atoms with Gasteiger partial charge in [-0.05, 0) is 6.92 Å². The van der Waals surface area contributed by atoms with Crippen LogP contribution in [-0.2, 0) is 14.0 Å². The average Bonchev–Trinajstić information content (AvgIpc) is 2.76. The molecule has 0 spiro atoms. The molecule has 0 aliphatic carbocycles. The lowest BCUT2D eigenvalue weighted by Crippen LogP contribution is -2.29. The molecular weight excluding hydrogens is 305 g/mol. The second kappa shape index (κ2) is 6.00. The van der Waals surface area contributed by atoms with E-state index in [-0.39, 0.29) is 23.9 Å². The van der Waals surface area contributed by atoms with E-state index in [2.05, 4.69) is 15.3 Å². The number of rotatable bonds is 6. The lowest BCUT2D eigenvalue weighted by atomic mass is 10.5. The second-order valence-electron chi connectivity index (χ2n) is 4.35. The summed E-state index contributed by atoms with van der Waals surface area (Å²) in [4.78, 5) is 36.9. The Balaban J connectivity index is 1.92. The minimum Gasteiger partial charge on any atom is -0.369 e. The van der Waals surface area contributed by atoms with E-state index >= 15 is 0 Å². The summed E-state index contributed by atoms with van der Waals surface area (Å²) in [6.07, 6.45) is -1.56. The third-order valence-corrected chi connectivity index (χ3v) is 3.09. The van der Waals surface area contributed by atoms with Crippen LogP contribution in [0.1, 0.15) is 6.92 Å². The van der Waals surface area contributed by atoms with Crippen LogP contribution in [0.5, 0.6) is 0 Å². The molecule has 0 saturated carbocycles. The maximum atomic E-state index is 11.6. The molecule has 21 heavy (non-hydrogen) atoms. The van der Waals surface area contributed by atoms with Gasteiger partial charge in [-0.2, -0.15) is 4.98 Å². The summed E-state index contributed by atoms with van der Waals surface area (Å²) < 4.78 is 20.8. The minimum absolute atomic E-state index is 0.0121. The van der Waals surface area contributed by atoms with Gasteiger partial charge in [0.15, 0.2) is 18.5 Å². The maximum Gasteiger partial charge on any atom is 0.351 e. The Hall–Kier alpha value is -1.65. The molecule has 1 aromatic heterocycles. The first-order valence-electron chi connectivity index (χ1n) is 5.92. The molecule has 11 nitrogen and oxygen atoms in total. The summed E-state index contributed by atoms with van der Waals surface area (Å²) >= 11 is 0. The van der Waals surface area contributed by atoms with Crippen LogP contribution in [0.4, 0.5) is 17.5 Å². The van der Waals surface area contributed by atoms with E-state index < -0.39 is 20.2 Å². The number of fused-ring (bicyclic) bond motifs is 1. The number of nitrogens with two attached hydrogens (primary N) is 1. The number of aromatic amines is 1. The van der Waals surface area contributed by atoms with Crippen LogP contribution >= 0.6 is 7.60 Å². The van der Waals surface area contributed by atoms with Gasteiger partial charge in [0.1, 0.15) is 12.4 Å². The van der Waals surface area contributed by atoms with E-state index in [4.69, 9.17) is 25.0 Å². The molecule has 1 aliphatic heterocycles. The first kappa shape index (κ1) is 15.7. The van der Waals surface area contributed by atoms with Crippen molar-refractivity contribution < 1.29 is 23.8 Å². The fourth-order valence-electron chi connectivity index (χ4n) is 1.67. The van der Waals surface area contributed by atoms with Crippen molar-refractivity contribution in [2.45, 2.75) is 13.2 Å². The maximum absolute atomic E-state index is 11.6. The molecular formula is C9H16N5O6P. The molecule has 0 saturated heterocycles. The van der Waals surface area contributed by atoms with Crippen molar-refractivity contribution in [2.24, 2.45) is 0 Å². The zero-order chi connectivity index (χ0) is 15.6. The van der Waals surface area contributed by atoms with Crippen LogP contribution in [0.2, 0.25) is 0 Å². The first-order valence-corrected chi connectivity index (χ1v) is 7.72. The third kappa shape index (κ3) is 4.16. The fourth-order valence-corrected chi connectivity index (χ4v) is 2.07. The average molecular weight is 321 g/mol. The molecule has 1 atom stereocenters. The smallest absolute Gasteiger partial charge is 0.351 e. The number of H-pyrrole nitrogens is 1. The SMILES string of the molecule is CC(OCN1CNc2c1nc(N)[nH]c2=O)OCP(=O)(O)O. The normalized spacial score (nSPS) is 15.7. The van der Waals surface area contributed by atoms with Gasteiger partial charge in [0.2, 0.25) is 5.95 Å². The van der Waals surface area contributed by atoms with E-state index in [9.17, 15) is 9.36 Å². The minimum atomic E-state index is -4.24. The molecule has 0 bridgehead atoms. The Kier molecular flexibility index (Phi) is 4.49. The van der Waals surface area contributed by atoms with Gasteiger partial charge in [0.25, 0.3) is 5.56 Å². The molecule has 1 aromatic rings. The standard InChI is InChI=1S/C9H16N5O6P/c1-5(20-4-21(16,17)18)19-3-14-2-11-6-7(14)12-9(10)13-8(6)15/h5,11H,2-4H2,1H3,(H2,16,17,18)(H3,10,12,13,15). The number of anilines is 3. The van der Waals surface area contributed by atoms with E-state index in [1.165, 1.54) is 6.92 Å². The fraction of sp³-hybridized carbons (Fsp3) is 0.556. The highest BCUT2D eigenvalue weighted by Crippen LogP contribution is 2.34. The molecule has 118 valence electrons. The number of ether oxygens (including phenoxy) is 2. The van der Waals surface area contributed by atoms with Gasteiger partial charge >= 0.3 is 7.60 Å². The number of hydrogen-bond acceptors (Lipinski definition) is 8. The summed E-state index contributed by atoms with van der Waals surface area (Å²) in [7, 11) is -4.24. The number of hydrogen-bond donors (Lipinski definition) is 5. The van der Waals surface area contributed by atoms with Crippen molar-refractivity contribution >= 4 is 25.0 Å². The van der Waals surface area contributed by atoms with Gasteiger partial charge in [-0.1, -0.05) is 0 Å². The Morgan fingerprint density at radius 2 is 2.24 bits per heavy atom. The summed E-state index contributed by atoms with van der Waals surface area (Å²) in [6.45, 7) is 1.80. The van der Waals surface area contributed by atoms with Gasteiger partial charge in [0, 0.05) is 0 Å². The van der Waals surface area contributed by atoms with Gasteiger partial charge in [0.05, 0.1) is 6.67 Å². The second-order valence-corrected chi connectivity index (χ2v) is 5.94. The summed E-state index contributed by atoms with van der Waals surface area (Å²) in [5.74, 6) is 0.330. The van der Waals surface area contributed by atoms with Gasteiger partial charge in [-0.3, -0.25) is 14.3 Å². The Bertz CT molecular complexity index is 615. The Morgan fingerprint density at radius 1 is 1.52 bits per heavy atom. The number of aromatic nitrogens is 2. The van der Waals surface area contributed by atoms with Gasteiger partial charge in [-0.25, -0.2) is 0 Å². The summed E-state index contributed by atoms with van der Waals surface area (Å²) in [5.41, 5.74) is 5.38. The highest BCUT2D eigenvalue weighted by Gasteiger charge is 2.24. The molecule has 0 amide bonds. The zero-order valence-corrected chi connectivity index (χ0v) is 12.0. The van der Waals surface area contributed by atoms with Crippen LogP contribution in [-0.4, -0.2) is 45.8 Å². The Morgan fingerprint density at radius 3 is 2.90 bits per heavy atom. The highest BCUT2D eigenvalue weighted by molar-refractivity contribution is 7.51. The molecule has 2 rings (SSSR count). The van der Waals surface area contributed by atoms with Crippen molar-refractivity contribution in [3.05, 3.63) is 10.4 Å². The van der Waals surface area contributed by atoms with Crippen molar-refractivity contribution in [1.29, 1.82) is 0 Å². The summed E-state index contributed by atoms with van der Waals surface area (Å²) in [5, 5.41) is 2.84. The predicted octanol–water partition coefficient (Wildman–Crippen LogP) is -0.987. The van der Waals surface area contributed by atoms with Gasteiger partial charge < -0.3 is 35.2 Å². The first-order chi connectivity index (χ1) is 9.76. The van der Waals surface area contributed by atoms with Gasteiger partial charge in [-0.15, -0.1) is 0 Å². The monoisotopic (exact) mass is 321 g/mol.